The summed E-state index contributed by atoms with van der Waals surface area (Å²) in [6.45, 7) is 1.78. The van der Waals surface area contributed by atoms with Gasteiger partial charge in [0.15, 0.2) is 5.82 Å². The van der Waals surface area contributed by atoms with Gasteiger partial charge in [0.05, 0.1) is 12.5 Å². The minimum atomic E-state index is -0.599. The molecule has 1 N–H and O–H groups in total. The molecule has 3 aromatic rings. The number of halogens is 1. The molecule has 2 aromatic carbocycles. The average molecular weight is 367 g/mol. The summed E-state index contributed by atoms with van der Waals surface area (Å²) in [5.74, 6) is 0.759. The topological polar surface area (TPSA) is 81.9 Å². The van der Waals surface area contributed by atoms with Crippen molar-refractivity contribution in [3.05, 3.63) is 59.7 Å². The standard InChI is InChI=1S/C19H18FN5O2/c1-12-22-23-24-25(12)16-11-15(7-8-17(16)27-2)21-18(26)19(9-10-19)13-3-5-14(20)6-4-13/h3-8,11H,9-10H2,1-2H3,(H,21,26). The largest absolute Gasteiger partial charge is 0.494 e. The summed E-state index contributed by atoms with van der Waals surface area (Å²) in [7, 11) is 1.56. The summed E-state index contributed by atoms with van der Waals surface area (Å²) in [6.07, 6.45) is 1.47. The second-order valence-electron chi connectivity index (χ2n) is 6.57. The maximum absolute atomic E-state index is 13.2. The molecule has 0 unspecified atom stereocenters. The van der Waals surface area contributed by atoms with Gasteiger partial charge in [-0.25, -0.2) is 4.39 Å². The zero-order chi connectivity index (χ0) is 19.0. The average Bonchev–Trinajstić information content (AvgIpc) is 3.38. The van der Waals surface area contributed by atoms with Gasteiger partial charge in [-0.05, 0) is 66.1 Å². The van der Waals surface area contributed by atoms with Gasteiger partial charge in [0, 0.05) is 5.69 Å². The fourth-order valence-corrected chi connectivity index (χ4v) is 3.18. The first kappa shape index (κ1) is 17.1. The minimum Gasteiger partial charge on any atom is -0.494 e. The first-order valence-electron chi connectivity index (χ1n) is 8.54. The summed E-state index contributed by atoms with van der Waals surface area (Å²) >= 11 is 0. The van der Waals surface area contributed by atoms with Gasteiger partial charge >= 0.3 is 0 Å². The Hall–Kier alpha value is -3.29. The molecule has 8 heteroatoms. The molecule has 1 amide bonds. The highest BCUT2D eigenvalue weighted by molar-refractivity contribution is 6.01. The van der Waals surface area contributed by atoms with Crippen molar-refractivity contribution in [1.82, 2.24) is 20.2 Å². The molecule has 0 bridgehead atoms. The number of hydrogen-bond donors (Lipinski definition) is 1. The number of carbonyl (C=O) groups excluding carboxylic acids is 1. The highest BCUT2D eigenvalue weighted by Crippen LogP contribution is 2.49. The lowest BCUT2D eigenvalue weighted by molar-refractivity contribution is -0.118. The van der Waals surface area contributed by atoms with E-state index in [1.807, 2.05) is 0 Å². The molecule has 1 aliphatic carbocycles. The molecular formula is C19H18FN5O2. The number of rotatable bonds is 5. The van der Waals surface area contributed by atoms with E-state index in [1.165, 1.54) is 12.1 Å². The van der Waals surface area contributed by atoms with Crippen LogP contribution in [-0.2, 0) is 10.2 Å². The van der Waals surface area contributed by atoms with Gasteiger partial charge in [-0.15, -0.1) is 5.10 Å². The van der Waals surface area contributed by atoms with Crippen LogP contribution in [0.4, 0.5) is 10.1 Å². The van der Waals surface area contributed by atoms with Crippen molar-refractivity contribution in [3.63, 3.8) is 0 Å². The number of carbonyl (C=O) groups is 1. The third-order valence-electron chi connectivity index (χ3n) is 4.87. The Morgan fingerprint density at radius 2 is 1.96 bits per heavy atom. The molecule has 138 valence electrons. The van der Waals surface area contributed by atoms with Crippen molar-refractivity contribution in [3.8, 4) is 11.4 Å². The molecule has 27 heavy (non-hydrogen) atoms. The Labute approximate surface area is 155 Å². The summed E-state index contributed by atoms with van der Waals surface area (Å²) in [4.78, 5) is 12.9. The van der Waals surface area contributed by atoms with Crippen LogP contribution in [0.15, 0.2) is 42.5 Å². The fraction of sp³-hybridized carbons (Fsp3) is 0.263. The molecule has 7 nitrogen and oxygen atoms in total. The van der Waals surface area contributed by atoms with E-state index >= 15 is 0 Å². The Morgan fingerprint density at radius 1 is 1.22 bits per heavy atom. The van der Waals surface area contributed by atoms with Crippen LogP contribution in [0.5, 0.6) is 5.75 Å². The Balaban J connectivity index is 1.62. The van der Waals surface area contributed by atoms with Gasteiger partial charge in [0.2, 0.25) is 5.91 Å². The summed E-state index contributed by atoms with van der Waals surface area (Å²) in [5, 5.41) is 14.5. The van der Waals surface area contributed by atoms with Crippen molar-refractivity contribution in [2.24, 2.45) is 0 Å². The Kier molecular flexibility index (Phi) is 4.10. The van der Waals surface area contributed by atoms with E-state index in [2.05, 4.69) is 20.8 Å². The van der Waals surface area contributed by atoms with Crippen LogP contribution >= 0.6 is 0 Å². The van der Waals surface area contributed by atoms with E-state index in [0.717, 1.165) is 18.4 Å². The second-order valence-corrected chi connectivity index (χ2v) is 6.57. The van der Waals surface area contributed by atoms with E-state index in [0.29, 0.717) is 22.9 Å². The molecule has 0 radical (unpaired) electrons. The number of ether oxygens (including phenoxy) is 1. The van der Waals surface area contributed by atoms with Crippen molar-refractivity contribution >= 4 is 11.6 Å². The SMILES string of the molecule is COc1ccc(NC(=O)C2(c3ccc(F)cc3)CC2)cc1-n1nnnc1C. The number of nitrogens with zero attached hydrogens (tertiary/aromatic N) is 4. The maximum atomic E-state index is 13.2. The predicted octanol–water partition coefficient (Wildman–Crippen LogP) is 2.79. The lowest BCUT2D eigenvalue weighted by Crippen LogP contribution is -2.27. The molecule has 1 fully saturated rings. The number of tetrazole rings is 1. The van der Waals surface area contributed by atoms with Crippen LogP contribution in [0.2, 0.25) is 0 Å². The lowest BCUT2D eigenvalue weighted by atomic mass is 9.95. The summed E-state index contributed by atoms with van der Waals surface area (Å²) < 4.78 is 20.1. The minimum absolute atomic E-state index is 0.112. The fourth-order valence-electron chi connectivity index (χ4n) is 3.18. The lowest BCUT2D eigenvalue weighted by Gasteiger charge is -2.17. The molecule has 0 spiro atoms. The van der Waals surface area contributed by atoms with Crippen molar-refractivity contribution in [1.29, 1.82) is 0 Å². The molecule has 4 rings (SSSR count). The maximum Gasteiger partial charge on any atom is 0.235 e. The third-order valence-corrected chi connectivity index (χ3v) is 4.87. The molecule has 1 aliphatic rings. The van der Waals surface area contributed by atoms with Crippen LogP contribution in [-0.4, -0.2) is 33.2 Å². The summed E-state index contributed by atoms with van der Waals surface area (Å²) in [5.41, 5.74) is 1.47. The normalized spacial score (nSPS) is 14.6. The van der Waals surface area contributed by atoms with Crippen LogP contribution in [0.25, 0.3) is 5.69 Å². The molecule has 1 heterocycles. The molecule has 0 saturated heterocycles. The van der Waals surface area contributed by atoms with Crippen molar-refractivity contribution in [2.45, 2.75) is 25.2 Å². The molecule has 1 saturated carbocycles. The van der Waals surface area contributed by atoms with E-state index in [-0.39, 0.29) is 11.7 Å². The number of aromatic nitrogens is 4. The van der Waals surface area contributed by atoms with E-state index in [1.54, 1.807) is 49.0 Å². The molecular weight excluding hydrogens is 349 g/mol. The zero-order valence-corrected chi connectivity index (χ0v) is 14.9. The van der Waals surface area contributed by atoms with E-state index < -0.39 is 5.41 Å². The number of aryl methyl sites for hydroxylation is 1. The summed E-state index contributed by atoms with van der Waals surface area (Å²) in [6, 6.07) is 11.4. The van der Waals surface area contributed by atoms with Gasteiger partial charge in [0.25, 0.3) is 0 Å². The number of hydrogen-bond acceptors (Lipinski definition) is 5. The predicted molar refractivity (Wildman–Crippen MR) is 96.4 cm³/mol. The third kappa shape index (κ3) is 3.03. The number of benzene rings is 2. The highest BCUT2D eigenvalue weighted by atomic mass is 19.1. The second kappa shape index (κ2) is 6.46. The van der Waals surface area contributed by atoms with Gasteiger partial charge < -0.3 is 10.1 Å². The Morgan fingerprint density at radius 3 is 2.56 bits per heavy atom. The first-order chi connectivity index (χ1) is 13.0. The molecule has 1 aromatic heterocycles. The number of nitrogens with one attached hydrogen (secondary N) is 1. The zero-order valence-electron chi connectivity index (χ0n) is 14.9. The van der Waals surface area contributed by atoms with Gasteiger partial charge in [0.1, 0.15) is 17.3 Å². The van der Waals surface area contributed by atoms with Gasteiger partial charge in [-0.1, -0.05) is 12.1 Å². The van der Waals surface area contributed by atoms with Gasteiger partial charge in [-0.2, -0.15) is 4.68 Å². The number of anilines is 1. The van der Waals surface area contributed by atoms with Crippen molar-refractivity contribution in [2.75, 3.05) is 12.4 Å². The van der Waals surface area contributed by atoms with Crippen LogP contribution in [0.3, 0.4) is 0 Å². The van der Waals surface area contributed by atoms with E-state index in [4.69, 9.17) is 4.74 Å². The van der Waals surface area contributed by atoms with E-state index in [9.17, 15) is 9.18 Å². The van der Waals surface area contributed by atoms with Crippen LogP contribution < -0.4 is 10.1 Å². The highest BCUT2D eigenvalue weighted by Gasteiger charge is 2.51. The number of methoxy groups -OCH3 is 1. The molecule has 0 atom stereocenters. The molecule has 0 aliphatic heterocycles. The van der Waals surface area contributed by atoms with Gasteiger partial charge in [-0.3, -0.25) is 4.79 Å². The Bertz CT molecular complexity index is 996. The van der Waals surface area contributed by atoms with Crippen LogP contribution in [0, 0.1) is 12.7 Å². The quantitative estimate of drug-likeness (QED) is 0.750. The monoisotopic (exact) mass is 367 g/mol. The van der Waals surface area contributed by atoms with Crippen LogP contribution in [0.1, 0.15) is 24.2 Å². The number of amides is 1. The van der Waals surface area contributed by atoms with Crippen molar-refractivity contribution < 1.29 is 13.9 Å². The first-order valence-corrected chi connectivity index (χ1v) is 8.54. The smallest absolute Gasteiger partial charge is 0.235 e.